The molecule has 0 radical (unpaired) electrons. The topological polar surface area (TPSA) is 49.5 Å². The SMILES string of the molecule is NC1CCN(CCCC(O)c2ccccc2)CC1. The summed E-state index contributed by atoms with van der Waals surface area (Å²) in [6.45, 7) is 3.31. The van der Waals surface area contributed by atoms with Gasteiger partial charge in [0.25, 0.3) is 0 Å². The largest absolute Gasteiger partial charge is 0.388 e. The zero-order chi connectivity index (χ0) is 12.8. The Kier molecular flexibility index (Phi) is 5.17. The summed E-state index contributed by atoms with van der Waals surface area (Å²) in [5.41, 5.74) is 6.91. The fourth-order valence-corrected chi connectivity index (χ4v) is 2.53. The second kappa shape index (κ2) is 6.88. The predicted molar refractivity (Wildman–Crippen MR) is 74.3 cm³/mol. The van der Waals surface area contributed by atoms with Crippen molar-refractivity contribution in [3.05, 3.63) is 35.9 Å². The van der Waals surface area contributed by atoms with Gasteiger partial charge in [0, 0.05) is 6.04 Å². The van der Waals surface area contributed by atoms with Crippen molar-refractivity contribution in [1.82, 2.24) is 4.90 Å². The van der Waals surface area contributed by atoms with Crippen LogP contribution in [0.1, 0.15) is 37.4 Å². The van der Waals surface area contributed by atoms with E-state index in [1.54, 1.807) is 0 Å². The van der Waals surface area contributed by atoms with Gasteiger partial charge in [0.15, 0.2) is 0 Å². The number of likely N-dealkylation sites (tertiary alicyclic amines) is 1. The lowest BCUT2D eigenvalue weighted by molar-refractivity contribution is 0.148. The molecule has 0 saturated carbocycles. The van der Waals surface area contributed by atoms with Crippen LogP contribution in [0.15, 0.2) is 30.3 Å². The molecule has 100 valence electrons. The van der Waals surface area contributed by atoms with Crippen LogP contribution in [0.2, 0.25) is 0 Å². The zero-order valence-corrected chi connectivity index (χ0v) is 11.0. The highest BCUT2D eigenvalue weighted by Gasteiger charge is 2.15. The number of nitrogens with two attached hydrogens (primary N) is 1. The highest BCUT2D eigenvalue weighted by Crippen LogP contribution is 2.18. The van der Waals surface area contributed by atoms with Gasteiger partial charge < -0.3 is 15.7 Å². The van der Waals surface area contributed by atoms with Gasteiger partial charge in [-0.15, -0.1) is 0 Å². The normalized spacial score (nSPS) is 19.9. The first kappa shape index (κ1) is 13.5. The molecule has 1 aliphatic rings. The maximum atomic E-state index is 10.1. The van der Waals surface area contributed by atoms with E-state index >= 15 is 0 Å². The lowest BCUT2D eigenvalue weighted by Crippen LogP contribution is -2.40. The van der Waals surface area contributed by atoms with Crippen LogP contribution in [0.5, 0.6) is 0 Å². The van der Waals surface area contributed by atoms with E-state index in [2.05, 4.69) is 4.90 Å². The third-order valence-electron chi connectivity index (χ3n) is 3.77. The number of aliphatic hydroxyl groups excluding tert-OH is 1. The highest BCUT2D eigenvalue weighted by atomic mass is 16.3. The van der Waals surface area contributed by atoms with Gasteiger partial charge in [-0.1, -0.05) is 30.3 Å². The molecule has 2 rings (SSSR count). The van der Waals surface area contributed by atoms with Crippen molar-refractivity contribution in [1.29, 1.82) is 0 Å². The average Bonchev–Trinajstić information content (AvgIpc) is 2.42. The Morgan fingerprint density at radius 1 is 1.22 bits per heavy atom. The molecule has 3 N–H and O–H groups in total. The van der Waals surface area contributed by atoms with Crippen LogP contribution in [0.4, 0.5) is 0 Å². The lowest BCUT2D eigenvalue weighted by Gasteiger charge is -2.30. The molecular formula is C15H24N2O. The smallest absolute Gasteiger partial charge is 0.0790 e. The maximum absolute atomic E-state index is 10.1. The van der Waals surface area contributed by atoms with E-state index in [9.17, 15) is 5.11 Å². The Balaban J connectivity index is 1.66. The molecule has 1 aliphatic heterocycles. The molecule has 0 bridgehead atoms. The van der Waals surface area contributed by atoms with Crippen molar-refractivity contribution in [3.8, 4) is 0 Å². The van der Waals surface area contributed by atoms with Crippen LogP contribution in [-0.4, -0.2) is 35.7 Å². The van der Waals surface area contributed by atoms with Crippen molar-refractivity contribution in [2.45, 2.75) is 37.8 Å². The van der Waals surface area contributed by atoms with E-state index in [4.69, 9.17) is 5.73 Å². The number of hydrogen-bond donors (Lipinski definition) is 2. The molecule has 18 heavy (non-hydrogen) atoms. The van der Waals surface area contributed by atoms with E-state index in [0.717, 1.165) is 50.9 Å². The van der Waals surface area contributed by atoms with Crippen LogP contribution < -0.4 is 5.73 Å². The molecule has 1 fully saturated rings. The number of piperidine rings is 1. The minimum absolute atomic E-state index is 0.321. The average molecular weight is 248 g/mol. The standard InChI is InChI=1S/C15H24N2O/c16-14-8-11-17(12-9-14)10-4-7-15(18)13-5-2-1-3-6-13/h1-3,5-6,14-15,18H,4,7-12,16H2. The Hall–Kier alpha value is -0.900. The van der Waals surface area contributed by atoms with Gasteiger partial charge in [0.1, 0.15) is 0 Å². The molecule has 0 amide bonds. The quantitative estimate of drug-likeness (QED) is 0.837. The van der Waals surface area contributed by atoms with Gasteiger partial charge in [0.05, 0.1) is 6.10 Å². The van der Waals surface area contributed by atoms with Gasteiger partial charge in [-0.2, -0.15) is 0 Å². The summed E-state index contributed by atoms with van der Waals surface area (Å²) in [6, 6.07) is 10.3. The number of hydrogen-bond acceptors (Lipinski definition) is 3. The van der Waals surface area contributed by atoms with Crippen molar-refractivity contribution in [2.24, 2.45) is 5.73 Å². The summed E-state index contributed by atoms with van der Waals surface area (Å²) in [6.07, 6.45) is 3.79. The van der Waals surface area contributed by atoms with Gasteiger partial charge in [-0.3, -0.25) is 0 Å². The highest BCUT2D eigenvalue weighted by molar-refractivity contribution is 5.16. The monoisotopic (exact) mass is 248 g/mol. The Morgan fingerprint density at radius 3 is 2.56 bits per heavy atom. The van der Waals surface area contributed by atoms with Crippen molar-refractivity contribution >= 4 is 0 Å². The molecular weight excluding hydrogens is 224 g/mol. The van der Waals surface area contributed by atoms with E-state index < -0.39 is 0 Å². The number of benzene rings is 1. The van der Waals surface area contributed by atoms with E-state index in [1.807, 2.05) is 30.3 Å². The van der Waals surface area contributed by atoms with E-state index in [-0.39, 0.29) is 6.10 Å². The first-order valence-corrected chi connectivity index (χ1v) is 6.96. The van der Waals surface area contributed by atoms with Gasteiger partial charge in [-0.05, 0) is 50.9 Å². The zero-order valence-electron chi connectivity index (χ0n) is 11.0. The van der Waals surface area contributed by atoms with Crippen molar-refractivity contribution in [2.75, 3.05) is 19.6 Å². The summed E-state index contributed by atoms with van der Waals surface area (Å²) in [5, 5.41) is 10.1. The summed E-state index contributed by atoms with van der Waals surface area (Å²) in [4.78, 5) is 2.46. The number of aliphatic hydroxyl groups is 1. The predicted octanol–water partition coefficient (Wildman–Crippen LogP) is 1.92. The van der Waals surface area contributed by atoms with Crippen molar-refractivity contribution < 1.29 is 5.11 Å². The molecule has 1 heterocycles. The first-order valence-electron chi connectivity index (χ1n) is 6.96. The minimum atomic E-state index is -0.321. The fourth-order valence-electron chi connectivity index (χ4n) is 2.53. The van der Waals surface area contributed by atoms with Crippen LogP contribution in [0, 0.1) is 0 Å². The first-order chi connectivity index (χ1) is 8.75. The Morgan fingerprint density at radius 2 is 1.89 bits per heavy atom. The van der Waals surface area contributed by atoms with Crippen LogP contribution in [0.3, 0.4) is 0 Å². The van der Waals surface area contributed by atoms with Gasteiger partial charge >= 0.3 is 0 Å². The molecule has 3 heteroatoms. The van der Waals surface area contributed by atoms with Crippen LogP contribution in [0.25, 0.3) is 0 Å². The summed E-state index contributed by atoms with van der Waals surface area (Å²) < 4.78 is 0. The number of nitrogens with zero attached hydrogens (tertiary/aromatic N) is 1. The Labute approximate surface area is 110 Å². The summed E-state index contributed by atoms with van der Waals surface area (Å²) in [7, 11) is 0. The molecule has 1 aromatic carbocycles. The molecule has 0 spiro atoms. The van der Waals surface area contributed by atoms with Crippen LogP contribution in [-0.2, 0) is 0 Å². The fraction of sp³-hybridized carbons (Fsp3) is 0.600. The lowest BCUT2D eigenvalue weighted by atomic mass is 10.0. The molecule has 3 nitrogen and oxygen atoms in total. The molecule has 0 aliphatic carbocycles. The second-order valence-electron chi connectivity index (χ2n) is 5.25. The number of rotatable bonds is 5. The van der Waals surface area contributed by atoms with E-state index in [1.165, 1.54) is 0 Å². The van der Waals surface area contributed by atoms with Crippen LogP contribution >= 0.6 is 0 Å². The van der Waals surface area contributed by atoms with Gasteiger partial charge in [-0.25, -0.2) is 0 Å². The minimum Gasteiger partial charge on any atom is -0.388 e. The summed E-state index contributed by atoms with van der Waals surface area (Å²) >= 11 is 0. The molecule has 1 saturated heterocycles. The third-order valence-corrected chi connectivity index (χ3v) is 3.77. The molecule has 1 unspecified atom stereocenters. The molecule has 0 aromatic heterocycles. The molecule has 1 aromatic rings. The van der Waals surface area contributed by atoms with Crippen molar-refractivity contribution in [3.63, 3.8) is 0 Å². The third kappa shape index (κ3) is 4.09. The Bertz CT molecular complexity index is 334. The van der Waals surface area contributed by atoms with E-state index in [0.29, 0.717) is 6.04 Å². The molecule has 1 atom stereocenters. The summed E-state index contributed by atoms with van der Waals surface area (Å²) in [5.74, 6) is 0. The maximum Gasteiger partial charge on any atom is 0.0790 e. The van der Waals surface area contributed by atoms with Gasteiger partial charge in [0.2, 0.25) is 0 Å². The second-order valence-corrected chi connectivity index (χ2v) is 5.25.